The molecule has 1 amide bonds. The van der Waals surface area contributed by atoms with E-state index in [0.717, 1.165) is 5.56 Å². The maximum atomic E-state index is 13.7. The smallest absolute Gasteiger partial charge is 0.258 e. The van der Waals surface area contributed by atoms with Crippen molar-refractivity contribution in [2.24, 2.45) is 0 Å². The zero-order valence-corrected chi connectivity index (χ0v) is 10.9. The van der Waals surface area contributed by atoms with Crippen LogP contribution in [-0.4, -0.2) is 18.0 Å². The van der Waals surface area contributed by atoms with Crippen LogP contribution in [0.5, 0.6) is 0 Å². The molecule has 0 saturated carbocycles. The summed E-state index contributed by atoms with van der Waals surface area (Å²) in [5, 5.41) is 2.61. The van der Waals surface area contributed by atoms with Gasteiger partial charge in [0.15, 0.2) is 11.6 Å². The van der Waals surface area contributed by atoms with Gasteiger partial charge in [0.25, 0.3) is 5.91 Å². The van der Waals surface area contributed by atoms with E-state index >= 15 is 0 Å². The molecule has 6 heteroatoms. The first-order valence-electron chi connectivity index (χ1n) is 5.91. The number of ether oxygens (including phenoxy) is 1. The Bertz CT molecular complexity index is 632. The Morgan fingerprint density at radius 3 is 3.00 bits per heavy atom. The number of carbonyl (C=O) groups excluding carboxylic acids is 1. The number of nitrogens with two attached hydrogens (primary N) is 1. The van der Waals surface area contributed by atoms with Gasteiger partial charge in [0.1, 0.15) is 0 Å². The fourth-order valence-corrected chi connectivity index (χ4v) is 1.74. The van der Waals surface area contributed by atoms with Gasteiger partial charge < -0.3 is 15.8 Å². The number of nitrogens with one attached hydrogen (secondary N) is 1. The highest BCUT2D eigenvalue weighted by molar-refractivity contribution is 6.04. The van der Waals surface area contributed by atoms with E-state index in [4.69, 9.17) is 10.5 Å². The maximum absolute atomic E-state index is 13.7. The van der Waals surface area contributed by atoms with Crippen LogP contribution in [0.2, 0.25) is 0 Å². The van der Waals surface area contributed by atoms with Crippen molar-refractivity contribution in [1.29, 1.82) is 0 Å². The van der Waals surface area contributed by atoms with Crippen molar-refractivity contribution in [2.75, 3.05) is 18.2 Å². The van der Waals surface area contributed by atoms with Crippen molar-refractivity contribution in [2.45, 2.75) is 6.61 Å². The van der Waals surface area contributed by atoms with Gasteiger partial charge in [0.2, 0.25) is 0 Å². The summed E-state index contributed by atoms with van der Waals surface area (Å²) >= 11 is 0. The fraction of sp³-hybridized carbons (Fsp3) is 0.143. The minimum atomic E-state index is -0.821. The second kappa shape index (κ2) is 6.12. The van der Waals surface area contributed by atoms with Crippen LogP contribution in [0.15, 0.2) is 36.5 Å². The summed E-state index contributed by atoms with van der Waals surface area (Å²) in [6, 6.07) is 8.38. The van der Waals surface area contributed by atoms with Crippen molar-refractivity contribution >= 4 is 17.4 Å². The summed E-state index contributed by atoms with van der Waals surface area (Å²) in [6.45, 7) is 0.431. The van der Waals surface area contributed by atoms with Crippen LogP contribution in [0.3, 0.4) is 0 Å². The van der Waals surface area contributed by atoms with Crippen LogP contribution < -0.4 is 11.1 Å². The van der Waals surface area contributed by atoms with Gasteiger partial charge >= 0.3 is 0 Å². The van der Waals surface area contributed by atoms with E-state index in [9.17, 15) is 9.18 Å². The van der Waals surface area contributed by atoms with E-state index in [1.54, 1.807) is 25.3 Å². The van der Waals surface area contributed by atoms with Gasteiger partial charge in [-0.2, -0.15) is 0 Å². The SMILES string of the molecule is COCc1cccc(NC(=O)c2ccnc(N)c2F)c1. The molecule has 0 aliphatic rings. The number of nitrogen functional groups attached to an aromatic ring is 1. The molecule has 0 fully saturated rings. The lowest BCUT2D eigenvalue weighted by Gasteiger charge is -2.08. The van der Waals surface area contributed by atoms with Crippen molar-refractivity contribution in [3.05, 3.63) is 53.5 Å². The summed E-state index contributed by atoms with van der Waals surface area (Å²) < 4.78 is 18.7. The third-order valence-electron chi connectivity index (χ3n) is 2.66. The Hall–Kier alpha value is -2.47. The Morgan fingerprint density at radius 2 is 2.25 bits per heavy atom. The maximum Gasteiger partial charge on any atom is 0.258 e. The van der Waals surface area contributed by atoms with Gasteiger partial charge in [-0.1, -0.05) is 12.1 Å². The minimum Gasteiger partial charge on any atom is -0.381 e. The quantitative estimate of drug-likeness (QED) is 0.896. The van der Waals surface area contributed by atoms with Gasteiger partial charge in [0.05, 0.1) is 12.2 Å². The van der Waals surface area contributed by atoms with E-state index in [1.807, 2.05) is 6.07 Å². The molecule has 2 aromatic rings. The third kappa shape index (κ3) is 3.10. The molecule has 3 N–H and O–H groups in total. The molecule has 1 aromatic carbocycles. The summed E-state index contributed by atoms with van der Waals surface area (Å²) in [5.41, 5.74) is 6.65. The lowest BCUT2D eigenvalue weighted by molar-refractivity contribution is 0.102. The molecule has 0 atom stereocenters. The summed E-state index contributed by atoms with van der Waals surface area (Å²) in [5.74, 6) is -1.70. The average Bonchev–Trinajstić information content (AvgIpc) is 2.42. The highest BCUT2D eigenvalue weighted by Crippen LogP contribution is 2.16. The minimum absolute atomic E-state index is 0.144. The first-order chi connectivity index (χ1) is 9.61. The zero-order valence-electron chi connectivity index (χ0n) is 10.9. The van der Waals surface area contributed by atoms with Crippen molar-refractivity contribution in [1.82, 2.24) is 4.98 Å². The summed E-state index contributed by atoms with van der Waals surface area (Å²) in [4.78, 5) is 15.6. The number of nitrogens with zero attached hydrogens (tertiary/aromatic N) is 1. The fourth-order valence-electron chi connectivity index (χ4n) is 1.74. The normalized spacial score (nSPS) is 10.3. The molecule has 104 valence electrons. The number of amides is 1. The highest BCUT2D eigenvalue weighted by atomic mass is 19.1. The number of rotatable bonds is 4. The van der Waals surface area contributed by atoms with Crippen LogP contribution >= 0.6 is 0 Å². The molecule has 0 spiro atoms. The van der Waals surface area contributed by atoms with Gasteiger partial charge in [-0.15, -0.1) is 0 Å². The Morgan fingerprint density at radius 1 is 1.45 bits per heavy atom. The predicted octanol–water partition coefficient (Wildman–Crippen LogP) is 2.20. The standard InChI is InChI=1S/C14H14FN3O2/c1-20-8-9-3-2-4-10(7-9)18-14(19)11-5-6-17-13(16)12(11)15/h2-7H,8H2,1H3,(H2,16,17)(H,18,19). The van der Waals surface area contributed by atoms with E-state index in [2.05, 4.69) is 10.3 Å². The van der Waals surface area contributed by atoms with E-state index in [-0.39, 0.29) is 11.4 Å². The molecule has 1 aromatic heterocycles. The number of aromatic nitrogens is 1. The molecule has 0 unspecified atom stereocenters. The first kappa shape index (κ1) is 14.0. The van der Waals surface area contributed by atoms with Crippen molar-refractivity contribution in [3.63, 3.8) is 0 Å². The largest absolute Gasteiger partial charge is 0.381 e. The first-order valence-corrected chi connectivity index (χ1v) is 5.91. The molecule has 1 heterocycles. The van der Waals surface area contributed by atoms with Gasteiger partial charge in [0, 0.05) is 19.0 Å². The van der Waals surface area contributed by atoms with Crippen LogP contribution in [0, 0.1) is 5.82 Å². The van der Waals surface area contributed by atoms with E-state index in [0.29, 0.717) is 12.3 Å². The number of halogens is 1. The van der Waals surface area contributed by atoms with Gasteiger partial charge in [-0.05, 0) is 23.8 Å². The van der Waals surface area contributed by atoms with E-state index < -0.39 is 11.7 Å². The Balaban J connectivity index is 2.19. The number of carbonyl (C=O) groups is 1. The topological polar surface area (TPSA) is 77.2 Å². The number of benzene rings is 1. The number of hydrogen-bond acceptors (Lipinski definition) is 4. The van der Waals surface area contributed by atoms with Crippen molar-refractivity contribution < 1.29 is 13.9 Å². The second-order valence-electron chi connectivity index (χ2n) is 4.15. The number of anilines is 2. The molecular weight excluding hydrogens is 261 g/mol. The predicted molar refractivity (Wildman–Crippen MR) is 73.7 cm³/mol. The van der Waals surface area contributed by atoms with E-state index in [1.165, 1.54) is 12.3 Å². The van der Waals surface area contributed by atoms with Crippen LogP contribution in [0.4, 0.5) is 15.9 Å². The number of pyridine rings is 1. The summed E-state index contributed by atoms with van der Waals surface area (Å²) in [7, 11) is 1.58. The Labute approximate surface area is 115 Å². The Kier molecular flexibility index (Phi) is 4.27. The lowest BCUT2D eigenvalue weighted by Crippen LogP contribution is -2.15. The van der Waals surface area contributed by atoms with Crippen molar-refractivity contribution in [3.8, 4) is 0 Å². The number of methoxy groups -OCH3 is 1. The number of hydrogen-bond donors (Lipinski definition) is 2. The second-order valence-corrected chi connectivity index (χ2v) is 4.15. The average molecular weight is 275 g/mol. The zero-order chi connectivity index (χ0) is 14.5. The lowest BCUT2D eigenvalue weighted by atomic mass is 10.2. The summed E-state index contributed by atoms with van der Waals surface area (Å²) in [6.07, 6.45) is 1.29. The van der Waals surface area contributed by atoms with Crippen LogP contribution in [-0.2, 0) is 11.3 Å². The van der Waals surface area contributed by atoms with Gasteiger partial charge in [-0.3, -0.25) is 4.79 Å². The third-order valence-corrected chi connectivity index (χ3v) is 2.66. The molecule has 0 bridgehead atoms. The van der Waals surface area contributed by atoms with Gasteiger partial charge in [-0.25, -0.2) is 9.37 Å². The molecule has 0 saturated heterocycles. The molecule has 0 aliphatic heterocycles. The van der Waals surface area contributed by atoms with Crippen LogP contribution in [0.25, 0.3) is 0 Å². The molecule has 5 nitrogen and oxygen atoms in total. The molecule has 0 radical (unpaired) electrons. The molecular formula is C14H14FN3O2. The van der Waals surface area contributed by atoms with Crippen LogP contribution in [0.1, 0.15) is 15.9 Å². The molecule has 0 aliphatic carbocycles. The molecule has 2 rings (SSSR count). The highest BCUT2D eigenvalue weighted by Gasteiger charge is 2.14. The molecule has 20 heavy (non-hydrogen) atoms. The monoisotopic (exact) mass is 275 g/mol.